The van der Waals surface area contributed by atoms with Crippen molar-refractivity contribution in [1.29, 1.82) is 0 Å². The number of aromatic hydroxyl groups is 1. The number of fused-ring (bicyclic) bond motifs is 1. The first kappa shape index (κ1) is 23.8. The number of likely N-dealkylation sites (tertiary alicyclic amines) is 1. The summed E-state index contributed by atoms with van der Waals surface area (Å²) in [7, 11) is 0. The summed E-state index contributed by atoms with van der Waals surface area (Å²) < 4.78 is 6.41. The maximum Gasteiger partial charge on any atom is 0.421 e. The first-order chi connectivity index (χ1) is 17.5. The highest BCUT2D eigenvalue weighted by Crippen LogP contribution is 2.35. The first-order valence-corrected chi connectivity index (χ1v) is 12.2. The second kappa shape index (κ2) is 10.4. The lowest BCUT2D eigenvalue weighted by Gasteiger charge is -2.15. The fraction of sp³-hybridized carbons (Fsp3) is 0.241. The van der Waals surface area contributed by atoms with E-state index in [2.05, 4.69) is 4.90 Å². The molecule has 0 amide bonds. The molecule has 0 radical (unpaired) electrons. The number of hydrogen-bond donors (Lipinski definition) is 2. The third-order valence-electron chi connectivity index (χ3n) is 6.42. The zero-order chi connectivity index (χ0) is 25.1. The fourth-order valence-electron chi connectivity index (χ4n) is 4.71. The SMILES string of the molecule is CCOC(=O)n1c(O)c(C(=Nc2ccc(CN3CCC(O)C3)cc2)c2ccccc2)c2ccccc21. The quantitative estimate of drug-likeness (QED) is 0.373. The smallest absolute Gasteiger partial charge is 0.421 e. The Morgan fingerprint density at radius 1 is 1.03 bits per heavy atom. The van der Waals surface area contributed by atoms with E-state index < -0.39 is 6.09 Å². The number of carbonyl (C=O) groups is 1. The Bertz CT molecular complexity index is 1390. The van der Waals surface area contributed by atoms with Gasteiger partial charge in [0.25, 0.3) is 0 Å². The topological polar surface area (TPSA) is 87.3 Å². The number of aliphatic hydroxyl groups is 1. The highest BCUT2D eigenvalue weighted by atomic mass is 16.5. The van der Waals surface area contributed by atoms with E-state index in [1.54, 1.807) is 13.0 Å². The number of aliphatic imine (C=N–C) groups is 1. The Labute approximate surface area is 209 Å². The van der Waals surface area contributed by atoms with Crippen LogP contribution in [0, 0.1) is 0 Å². The van der Waals surface area contributed by atoms with Crippen molar-refractivity contribution in [2.24, 2.45) is 4.99 Å². The van der Waals surface area contributed by atoms with Crippen LogP contribution in [-0.2, 0) is 11.3 Å². The van der Waals surface area contributed by atoms with Gasteiger partial charge in [0, 0.05) is 30.6 Å². The molecule has 0 spiro atoms. The van der Waals surface area contributed by atoms with Crippen molar-refractivity contribution in [3.8, 4) is 5.88 Å². The van der Waals surface area contributed by atoms with Crippen molar-refractivity contribution in [3.63, 3.8) is 0 Å². The number of β-amino-alcohol motifs (C(OH)–C–C–N with tert-alkyl or cyclic N) is 1. The molecule has 0 saturated carbocycles. The van der Waals surface area contributed by atoms with Crippen molar-refractivity contribution in [2.75, 3.05) is 19.7 Å². The van der Waals surface area contributed by atoms with Gasteiger partial charge in [-0.15, -0.1) is 0 Å². The van der Waals surface area contributed by atoms with Crippen LogP contribution < -0.4 is 0 Å². The van der Waals surface area contributed by atoms with Crippen LogP contribution in [0.1, 0.15) is 30.0 Å². The highest BCUT2D eigenvalue weighted by molar-refractivity contribution is 6.22. The van der Waals surface area contributed by atoms with Crippen LogP contribution in [0.2, 0.25) is 0 Å². The van der Waals surface area contributed by atoms with Gasteiger partial charge in [0.05, 0.1) is 35.2 Å². The molecule has 1 saturated heterocycles. The van der Waals surface area contributed by atoms with E-state index in [1.165, 1.54) is 4.57 Å². The zero-order valence-electron chi connectivity index (χ0n) is 20.2. The molecule has 7 nitrogen and oxygen atoms in total. The summed E-state index contributed by atoms with van der Waals surface area (Å²) in [5.74, 6) is -0.207. The van der Waals surface area contributed by atoms with E-state index in [-0.39, 0.29) is 18.6 Å². The zero-order valence-corrected chi connectivity index (χ0v) is 20.2. The first-order valence-electron chi connectivity index (χ1n) is 12.2. The van der Waals surface area contributed by atoms with Crippen LogP contribution >= 0.6 is 0 Å². The molecule has 184 valence electrons. The summed E-state index contributed by atoms with van der Waals surface area (Å²) in [4.78, 5) is 19.9. The minimum Gasteiger partial charge on any atom is -0.494 e. The Kier molecular flexibility index (Phi) is 6.84. The third kappa shape index (κ3) is 4.76. The molecule has 5 rings (SSSR count). The molecule has 0 aliphatic carbocycles. The van der Waals surface area contributed by atoms with Crippen LogP contribution in [0.25, 0.3) is 10.9 Å². The number of nitrogens with zero attached hydrogens (tertiary/aromatic N) is 3. The van der Waals surface area contributed by atoms with Gasteiger partial charge >= 0.3 is 6.09 Å². The van der Waals surface area contributed by atoms with Crippen LogP contribution in [0.3, 0.4) is 0 Å². The van der Waals surface area contributed by atoms with Crippen molar-refractivity contribution >= 4 is 28.4 Å². The van der Waals surface area contributed by atoms with Gasteiger partial charge in [-0.3, -0.25) is 4.90 Å². The van der Waals surface area contributed by atoms with Crippen LogP contribution in [-0.4, -0.2) is 57.3 Å². The number of hydrogen-bond acceptors (Lipinski definition) is 6. The van der Waals surface area contributed by atoms with E-state index in [9.17, 15) is 15.0 Å². The average molecular weight is 484 g/mol. The molecular formula is C29H29N3O4. The van der Waals surface area contributed by atoms with Gasteiger partial charge in [-0.25, -0.2) is 14.4 Å². The van der Waals surface area contributed by atoms with E-state index in [0.717, 1.165) is 36.3 Å². The Balaban J connectivity index is 1.59. The molecule has 2 heterocycles. The number of aromatic nitrogens is 1. The molecule has 7 heteroatoms. The summed E-state index contributed by atoms with van der Waals surface area (Å²) in [6, 6.07) is 24.9. The maximum atomic E-state index is 12.7. The number of para-hydroxylation sites is 1. The molecule has 1 aliphatic heterocycles. The number of carbonyl (C=O) groups excluding carboxylic acids is 1. The van der Waals surface area contributed by atoms with Crippen molar-refractivity contribution < 1.29 is 19.7 Å². The molecule has 3 aromatic carbocycles. The Morgan fingerprint density at radius 3 is 2.44 bits per heavy atom. The predicted octanol–water partition coefficient (Wildman–Crippen LogP) is 5.09. The molecule has 2 N–H and O–H groups in total. The molecule has 1 aromatic heterocycles. The lowest BCUT2D eigenvalue weighted by molar-refractivity contribution is 0.152. The van der Waals surface area contributed by atoms with E-state index in [4.69, 9.17) is 9.73 Å². The fourth-order valence-corrected chi connectivity index (χ4v) is 4.71. The minimum absolute atomic E-state index is 0.197. The lowest BCUT2D eigenvalue weighted by atomic mass is 10.0. The summed E-state index contributed by atoms with van der Waals surface area (Å²) in [6.45, 7) is 4.29. The summed E-state index contributed by atoms with van der Waals surface area (Å²) >= 11 is 0. The van der Waals surface area contributed by atoms with Crippen molar-refractivity contribution in [2.45, 2.75) is 26.0 Å². The summed E-state index contributed by atoms with van der Waals surface area (Å²) in [6.07, 6.45) is -0.0703. The molecule has 36 heavy (non-hydrogen) atoms. The van der Waals surface area contributed by atoms with E-state index in [1.807, 2.05) is 72.8 Å². The highest BCUT2D eigenvalue weighted by Gasteiger charge is 2.26. The van der Waals surface area contributed by atoms with Crippen molar-refractivity contribution in [3.05, 3.63) is 95.6 Å². The van der Waals surface area contributed by atoms with Gasteiger partial charge in [0.1, 0.15) is 0 Å². The molecule has 1 atom stereocenters. The second-order valence-electron chi connectivity index (χ2n) is 8.92. The molecular weight excluding hydrogens is 454 g/mol. The van der Waals surface area contributed by atoms with Gasteiger partial charge in [0.2, 0.25) is 5.88 Å². The molecule has 4 aromatic rings. The maximum absolute atomic E-state index is 12.7. The summed E-state index contributed by atoms with van der Waals surface area (Å²) in [5, 5.41) is 21.8. The molecule has 0 bridgehead atoms. The molecule has 1 unspecified atom stereocenters. The van der Waals surface area contributed by atoms with Gasteiger partial charge < -0.3 is 14.9 Å². The van der Waals surface area contributed by atoms with Gasteiger partial charge in [-0.2, -0.15) is 0 Å². The second-order valence-corrected chi connectivity index (χ2v) is 8.92. The molecule has 1 aliphatic rings. The van der Waals surface area contributed by atoms with E-state index in [0.29, 0.717) is 28.7 Å². The van der Waals surface area contributed by atoms with Crippen LogP contribution in [0.15, 0.2) is 83.9 Å². The summed E-state index contributed by atoms with van der Waals surface area (Å²) in [5.41, 5.74) is 4.27. The largest absolute Gasteiger partial charge is 0.494 e. The van der Waals surface area contributed by atoms with Crippen LogP contribution in [0.4, 0.5) is 10.5 Å². The van der Waals surface area contributed by atoms with Gasteiger partial charge in [-0.05, 0) is 37.1 Å². The monoisotopic (exact) mass is 483 g/mol. The number of rotatable bonds is 6. The Morgan fingerprint density at radius 2 is 1.75 bits per heavy atom. The number of ether oxygens (including phenoxy) is 1. The van der Waals surface area contributed by atoms with E-state index >= 15 is 0 Å². The predicted molar refractivity (Wildman–Crippen MR) is 140 cm³/mol. The van der Waals surface area contributed by atoms with Gasteiger partial charge in [0.15, 0.2) is 0 Å². The normalized spacial score (nSPS) is 16.5. The average Bonchev–Trinajstić information content (AvgIpc) is 3.43. The Hall–Kier alpha value is -3.94. The number of aliphatic hydroxyl groups excluding tert-OH is 1. The number of benzene rings is 3. The molecule has 1 fully saturated rings. The minimum atomic E-state index is -0.638. The van der Waals surface area contributed by atoms with Crippen molar-refractivity contribution in [1.82, 2.24) is 9.47 Å². The van der Waals surface area contributed by atoms with Crippen LogP contribution in [0.5, 0.6) is 5.88 Å². The van der Waals surface area contributed by atoms with Gasteiger partial charge in [-0.1, -0.05) is 60.7 Å². The lowest BCUT2D eigenvalue weighted by Crippen LogP contribution is -2.21. The third-order valence-corrected chi connectivity index (χ3v) is 6.42. The standard InChI is InChI=1S/C29H29N3O4/c1-2-36-29(35)32-25-11-7-6-10-24(25)26(28(32)34)27(21-8-4-3-5-9-21)30-22-14-12-20(13-15-22)18-31-17-16-23(33)19-31/h3-15,23,33-34H,2,16-19H2,1H3.